The van der Waals surface area contributed by atoms with Gasteiger partial charge in [0.15, 0.2) is 0 Å². The first kappa shape index (κ1) is 11.5. The number of nitrogens with zero attached hydrogens (tertiary/aromatic N) is 3. The summed E-state index contributed by atoms with van der Waals surface area (Å²) in [6.45, 7) is 3.63. The predicted molar refractivity (Wildman–Crippen MR) is 66.3 cm³/mol. The molecule has 1 aliphatic heterocycles. The van der Waals surface area contributed by atoms with Gasteiger partial charge < -0.3 is 4.90 Å². The monoisotopic (exact) mass is 225 g/mol. The van der Waals surface area contributed by atoms with Crippen LogP contribution in [0.15, 0.2) is 24.3 Å². The van der Waals surface area contributed by atoms with Crippen molar-refractivity contribution in [3.63, 3.8) is 0 Å². The summed E-state index contributed by atoms with van der Waals surface area (Å²) >= 11 is 0. The summed E-state index contributed by atoms with van der Waals surface area (Å²) in [5.74, 6) is 0. The summed E-state index contributed by atoms with van der Waals surface area (Å²) in [4.78, 5) is 2.24. The maximum absolute atomic E-state index is 9.04. The third kappa shape index (κ3) is 2.24. The Hall–Kier alpha value is -2.00. The molecule has 1 aliphatic rings. The highest BCUT2D eigenvalue weighted by Gasteiger charge is 2.34. The standard InChI is InChI=1S/C14H15N3/c1-12-2-4-13(5-3-12)17-8-6-14(10-15,11-16)7-9-17/h2-5H,6-9H2,1H3. The molecule has 0 saturated carbocycles. The zero-order valence-corrected chi connectivity index (χ0v) is 9.98. The molecule has 2 rings (SSSR count). The molecule has 0 unspecified atom stereocenters. The van der Waals surface area contributed by atoms with Crippen molar-refractivity contribution >= 4 is 5.69 Å². The summed E-state index contributed by atoms with van der Waals surface area (Å²) in [5.41, 5.74) is 1.66. The minimum absolute atomic E-state index is 0.633. The Morgan fingerprint density at radius 3 is 2.06 bits per heavy atom. The molecule has 3 heteroatoms. The topological polar surface area (TPSA) is 50.8 Å². The summed E-state index contributed by atoms with van der Waals surface area (Å²) in [6, 6.07) is 12.7. The van der Waals surface area contributed by atoms with Crippen LogP contribution in [0, 0.1) is 35.0 Å². The van der Waals surface area contributed by atoms with Gasteiger partial charge in [-0.25, -0.2) is 0 Å². The SMILES string of the molecule is Cc1ccc(N2CCC(C#N)(C#N)CC2)cc1. The summed E-state index contributed by atoms with van der Waals surface area (Å²) in [5, 5.41) is 18.1. The van der Waals surface area contributed by atoms with Crippen molar-refractivity contribution in [2.24, 2.45) is 5.41 Å². The smallest absolute Gasteiger partial charge is 0.147 e. The Morgan fingerprint density at radius 2 is 1.59 bits per heavy atom. The fourth-order valence-corrected chi connectivity index (χ4v) is 2.15. The molecule has 0 aliphatic carbocycles. The van der Waals surface area contributed by atoms with Gasteiger partial charge in [0.1, 0.15) is 5.41 Å². The minimum atomic E-state index is -0.763. The molecule has 3 nitrogen and oxygen atoms in total. The normalized spacial score (nSPS) is 18.2. The van der Waals surface area contributed by atoms with Crippen molar-refractivity contribution in [2.75, 3.05) is 18.0 Å². The van der Waals surface area contributed by atoms with Crippen LogP contribution in [0.1, 0.15) is 18.4 Å². The van der Waals surface area contributed by atoms with E-state index in [-0.39, 0.29) is 0 Å². The van der Waals surface area contributed by atoms with E-state index in [0.717, 1.165) is 13.1 Å². The van der Waals surface area contributed by atoms with Gasteiger partial charge in [-0.15, -0.1) is 0 Å². The van der Waals surface area contributed by atoms with E-state index in [1.54, 1.807) is 0 Å². The molecule has 1 fully saturated rings. The molecule has 0 atom stereocenters. The van der Waals surface area contributed by atoms with Crippen molar-refractivity contribution in [3.05, 3.63) is 29.8 Å². The maximum Gasteiger partial charge on any atom is 0.147 e. The lowest BCUT2D eigenvalue weighted by atomic mass is 9.81. The van der Waals surface area contributed by atoms with E-state index < -0.39 is 5.41 Å². The van der Waals surface area contributed by atoms with E-state index in [1.165, 1.54) is 11.3 Å². The number of hydrogen-bond acceptors (Lipinski definition) is 3. The van der Waals surface area contributed by atoms with Gasteiger partial charge >= 0.3 is 0 Å². The molecule has 1 aromatic rings. The lowest BCUT2D eigenvalue weighted by molar-refractivity contribution is 0.393. The Bertz CT molecular complexity index is 452. The van der Waals surface area contributed by atoms with E-state index in [2.05, 4.69) is 48.2 Å². The molecule has 0 bridgehead atoms. The Kier molecular flexibility index (Phi) is 3.02. The molecule has 0 radical (unpaired) electrons. The van der Waals surface area contributed by atoms with Crippen molar-refractivity contribution < 1.29 is 0 Å². The number of nitriles is 2. The molecule has 1 saturated heterocycles. The highest BCUT2D eigenvalue weighted by molar-refractivity contribution is 5.48. The predicted octanol–water partition coefficient (Wildman–Crippen LogP) is 2.63. The molecule has 86 valence electrons. The van der Waals surface area contributed by atoms with Crippen LogP contribution >= 0.6 is 0 Å². The quantitative estimate of drug-likeness (QED) is 0.738. The number of anilines is 1. The van der Waals surface area contributed by atoms with E-state index in [4.69, 9.17) is 10.5 Å². The number of benzene rings is 1. The van der Waals surface area contributed by atoms with E-state index in [0.29, 0.717) is 12.8 Å². The zero-order chi connectivity index (χ0) is 12.3. The van der Waals surface area contributed by atoms with E-state index in [1.807, 2.05) is 0 Å². The van der Waals surface area contributed by atoms with Gasteiger partial charge in [-0.2, -0.15) is 10.5 Å². The van der Waals surface area contributed by atoms with Crippen LogP contribution in [0.4, 0.5) is 5.69 Å². The third-order valence-electron chi connectivity index (χ3n) is 3.44. The van der Waals surface area contributed by atoms with E-state index in [9.17, 15) is 0 Å². The van der Waals surface area contributed by atoms with Crippen LogP contribution in [0.25, 0.3) is 0 Å². The molecule has 17 heavy (non-hydrogen) atoms. The van der Waals surface area contributed by atoms with Crippen molar-refractivity contribution in [1.29, 1.82) is 10.5 Å². The fraction of sp³-hybridized carbons (Fsp3) is 0.429. The summed E-state index contributed by atoms with van der Waals surface area (Å²) < 4.78 is 0. The molecule has 1 aromatic carbocycles. The lowest BCUT2D eigenvalue weighted by Crippen LogP contribution is -2.38. The number of hydrogen-bond donors (Lipinski definition) is 0. The van der Waals surface area contributed by atoms with Gasteiger partial charge in [0.25, 0.3) is 0 Å². The van der Waals surface area contributed by atoms with Crippen LogP contribution < -0.4 is 4.90 Å². The number of aryl methyl sites for hydroxylation is 1. The first-order valence-corrected chi connectivity index (χ1v) is 5.83. The first-order valence-electron chi connectivity index (χ1n) is 5.83. The van der Waals surface area contributed by atoms with Crippen molar-refractivity contribution in [2.45, 2.75) is 19.8 Å². The van der Waals surface area contributed by atoms with Crippen LogP contribution in [0.5, 0.6) is 0 Å². The molecule has 0 spiro atoms. The molecule has 0 aromatic heterocycles. The second-order valence-electron chi connectivity index (χ2n) is 4.63. The zero-order valence-electron chi connectivity index (χ0n) is 9.98. The van der Waals surface area contributed by atoms with Gasteiger partial charge in [0.05, 0.1) is 12.1 Å². The van der Waals surface area contributed by atoms with Crippen LogP contribution in [0.3, 0.4) is 0 Å². The summed E-state index contributed by atoms with van der Waals surface area (Å²) in [7, 11) is 0. The van der Waals surface area contributed by atoms with Gasteiger partial charge in [0.2, 0.25) is 0 Å². The molecule has 0 N–H and O–H groups in total. The maximum atomic E-state index is 9.04. The molecule has 1 heterocycles. The first-order chi connectivity index (χ1) is 8.19. The van der Waals surface area contributed by atoms with Gasteiger partial charge in [-0.3, -0.25) is 0 Å². The molecule has 0 amide bonds. The Balaban J connectivity index is 2.08. The van der Waals surface area contributed by atoms with Crippen molar-refractivity contribution in [3.8, 4) is 12.1 Å². The highest BCUT2D eigenvalue weighted by atomic mass is 15.1. The average Bonchev–Trinajstić information content (AvgIpc) is 2.40. The van der Waals surface area contributed by atoms with Crippen molar-refractivity contribution in [1.82, 2.24) is 0 Å². The Morgan fingerprint density at radius 1 is 1.06 bits per heavy atom. The van der Waals surface area contributed by atoms with Crippen LogP contribution in [0.2, 0.25) is 0 Å². The fourth-order valence-electron chi connectivity index (χ4n) is 2.15. The molecular weight excluding hydrogens is 210 g/mol. The average molecular weight is 225 g/mol. The number of rotatable bonds is 1. The highest BCUT2D eigenvalue weighted by Crippen LogP contribution is 2.32. The number of piperidine rings is 1. The third-order valence-corrected chi connectivity index (χ3v) is 3.44. The van der Waals surface area contributed by atoms with Gasteiger partial charge in [-0.1, -0.05) is 17.7 Å². The molecular formula is C14H15N3. The summed E-state index contributed by atoms with van der Waals surface area (Å²) in [6.07, 6.45) is 1.27. The minimum Gasteiger partial charge on any atom is -0.371 e. The second kappa shape index (κ2) is 4.47. The van der Waals surface area contributed by atoms with Gasteiger partial charge in [0, 0.05) is 18.8 Å². The largest absolute Gasteiger partial charge is 0.371 e. The van der Waals surface area contributed by atoms with Gasteiger partial charge in [-0.05, 0) is 31.9 Å². The van der Waals surface area contributed by atoms with Crippen LogP contribution in [-0.2, 0) is 0 Å². The van der Waals surface area contributed by atoms with E-state index >= 15 is 0 Å². The lowest BCUT2D eigenvalue weighted by Gasteiger charge is -2.34. The van der Waals surface area contributed by atoms with Crippen LogP contribution in [-0.4, -0.2) is 13.1 Å². The Labute approximate surface area is 102 Å². The second-order valence-corrected chi connectivity index (χ2v) is 4.63.